The monoisotopic (exact) mass is 442 g/mol. The minimum absolute atomic E-state index is 0.206. The van der Waals surface area contributed by atoms with Crippen molar-refractivity contribution in [2.75, 3.05) is 17.6 Å². The summed E-state index contributed by atoms with van der Waals surface area (Å²) in [4.78, 5) is 15.1. The van der Waals surface area contributed by atoms with Crippen molar-refractivity contribution in [3.8, 4) is 0 Å². The van der Waals surface area contributed by atoms with Crippen molar-refractivity contribution in [1.82, 2.24) is 4.90 Å². The lowest BCUT2D eigenvalue weighted by Gasteiger charge is -2.24. The minimum atomic E-state index is -3.51. The van der Waals surface area contributed by atoms with E-state index in [9.17, 15) is 13.2 Å². The third kappa shape index (κ3) is 5.40. The summed E-state index contributed by atoms with van der Waals surface area (Å²) in [5.74, 6) is -0.206. The molecule has 0 N–H and O–H groups in total. The van der Waals surface area contributed by atoms with Crippen LogP contribution in [0, 0.1) is 0 Å². The number of hydrogen-bond acceptors (Lipinski definition) is 3. The van der Waals surface area contributed by atoms with Gasteiger partial charge in [0.2, 0.25) is 10.0 Å². The van der Waals surface area contributed by atoms with Gasteiger partial charge in [-0.05, 0) is 29.3 Å². The number of nitrogens with zero attached hydrogens (tertiary/aromatic N) is 2. The van der Waals surface area contributed by atoms with E-state index in [2.05, 4.69) is 0 Å². The molecular formula is C23H23ClN2O3S. The number of benzene rings is 3. The lowest BCUT2D eigenvalue weighted by Crippen LogP contribution is -2.31. The fourth-order valence-corrected chi connectivity index (χ4v) is 3.86. The number of halogens is 1. The molecule has 0 spiro atoms. The summed E-state index contributed by atoms with van der Waals surface area (Å²) in [5, 5.41) is 0.261. The largest absolute Gasteiger partial charge is 0.330 e. The number of rotatable bonds is 7. The lowest BCUT2D eigenvalue weighted by atomic mass is 10.1. The Hall–Kier alpha value is -2.83. The van der Waals surface area contributed by atoms with Gasteiger partial charge < -0.3 is 4.90 Å². The van der Waals surface area contributed by atoms with Crippen LogP contribution in [0.1, 0.15) is 21.5 Å². The van der Waals surface area contributed by atoms with Gasteiger partial charge in [-0.2, -0.15) is 0 Å². The summed E-state index contributed by atoms with van der Waals surface area (Å²) in [6.45, 7) is 0.850. The van der Waals surface area contributed by atoms with Crippen LogP contribution in [0.3, 0.4) is 0 Å². The van der Waals surface area contributed by atoms with Crippen molar-refractivity contribution in [2.24, 2.45) is 0 Å². The van der Waals surface area contributed by atoms with Gasteiger partial charge in [-0.15, -0.1) is 0 Å². The van der Waals surface area contributed by atoms with E-state index in [1.165, 1.54) is 13.1 Å². The molecule has 0 radical (unpaired) electrons. The topological polar surface area (TPSA) is 57.7 Å². The van der Waals surface area contributed by atoms with Crippen LogP contribution < -0.4 is 4.31 Å². The highest BCUT2D eigenvalue weighted by Gasteiger charge is 2.21. The Bertz CT molecular complexity index is 1080. The van der Waals surface area contributed by atoms with Crippen LogP contribution in [-0.4, -0.2) is 32.5 Å². The van der Waals surface area contributed by atoms with Gasteiger partial charge in [-0.3, -0.25) is 9.10 Å². The van der Waals surface area contributed by atoms with E-state index in [0.717, 1.165) is 21.7 Å². The molecule has 0 atom stereocenters. The molecule has 1 amide bonds. The van der Waals surface area contributed by atoms with E-state index in [0.29, 0.717) is 18.7 Å². The smallest absolute Gasteiger partial charge is 0.254 e. The maximum atomic E-state index is 13.4. The molecule has 0 aliphatic rings. The van der Waals surface area contributed by atoms with Crippen molar-refractivity contribution < 1.29 is 13.2 Å². The first-order chi connectivity index (χ1) is 14.3. The molecule has 30 heavy (non-hydrogen) atoms. The average molecular weight is 443 g/mol. The van der Waals surface area contributed by atoms with Crippen molar-refractivity contribution in [1.29, 1.82) is 0 Å². The van der Waals surface area contributed by atoms with Crippen LogP contribution in [-0.2, 0) is 23.1 Å². The first-order valence-corrected chi connectivity index (χ1v) is 11.6. The Morgan fingerprint density at radius 2 is 1.37 bits per heavy atom. The molecule has 3 aromatic rings. The molecule has 0 aromatic heterocycles. The van der Waals surface area contributed by atoms with Gasteiger partial charge in [0, 0.05) is 25.7 Å². The van der Waals surface area contributed by atoms with E-state index < -0.39 is 10.0 Å². The van der Waals surface area contributed by atoms with Crippen LogP contribution in [0.15, 0.2) is 78.9 Å². The SMILES string of the molecule is CN(c1cc(C(=O)N(Cc2ccccc2)Cc2ccccc2)ccc1Cl)S(C)(=O)=O. The molecule has 0 saturated carbocycles. The van der Waals surface area contributed by atoms with Crippen LogP contribution in [0.4, 0.5) is 5.69 Å². The number of carbonyl (C=O) groups excluding carboxylic acids is 1. The molecule has 5 nitrogen and oxygen atoms in total. The Morgan fingerprint density at radius 3 is 1.83 bits per heavy atom. The molecule has 0 saturated heterocycles. The Morgan fingerprint density at radius 1 is 0.867 bits per heavy atom. The molecule has 156 valence electrons. The van der Waals surface area contributed by atoms with Crippen LogP contribution >= 0.6 is 11.6 Å². The molecule has 3 aromatic carbocycles. The second-order valence-electron chi connectivity index (χ2n) is 7.03. The zero-order valence-electron chi connectivity index (χ0n) is 16.8. The molecule has 3 rings (SSSR count). The zero-order valence-corrected chi connectivity index (χ0v) is 18.4. The highest BCUT2D eigenvalue weighted by atomic mass is 35.5. The van der Waals surface area contributed by atoms with Gasteiger partial charge in [0.05, 0.1) is 17.0 Å². The van der Waals surface area contributed by atoms with Gasteiger partial charge in [0.25, 0.3) is 5.91 Å². The summed E-state index contributed by atoms with van der Waals surface area (Å²) >= 11 is 6.21. The van der Waals surface area contributed by atoms with Gasteiger partial charge in [0.1, 0.15) is 0 Å². The summed E-state index contributed by atoms with van der Waals surface area (Å²) in [7, 11) is -2.10. The number of carbonyl (C=O) groups is 1. The zero-order chi connectivity index (χ0) is 21.7. The van der Waals surface area contributed by atoms with Gasteiger partial charge in [-0.1, -0.05) is 72.3 Å². The molecule has 7 heteroatoms. The second-order valence-corrected chi connectivity index (χ2v) is 9.45. The predicted molar refractivity (Wildman–Crippen MR) is 121 cm³/mol. The van der Waals surface area contributed by atoms with Crippen molar-refractivity contribution in [3.05, 3.63) is 101 Å². The van der Waals surface area contributed by atoms with Gasteiger partial charge >= 0.3 is 0 Å². The standard InChI is InChI=1S/C23H23ClN2O3S/c1-25(30(2,28)29)22-15-20(13-14-21(22)24)23(27)26(16-18-9-5-3-6-10-18)17-19-11-7-4-8-12-19/h3-15H,16-17H2,1-2H3. The lowest BCUT2D eigenvalue weighted by molar-refractivity contribution is 0.0730. The van der Waals surface area contributed by atoms with Crippen molar-refractivity contribution >= 4 is 33.2 Å². The summed E-state index contributed by atoms with van der Waals surface area (Å²) in [6, 6.07) is 24.2. The van der Waals surface area contributed by atoms with E-state index >= 15 is 0 Å². The highest BCUT2D eigenvalue weighted by Crippen LogP contribution is 2.28. The fraction of sp³-hybridized carbons (Fsp3) is 0.174. The summed E-state index contributed by atoms with van der Waals surface area (Å²) in [5.41, 5.74) is 2.65. The van der Waals surface area contributed by atoms with E-state index in [1.54, 1.807) is 17.0 Å². The predicted octanol–water partition coefficient (Wildman–Crippen LogP) is 4.58. The summed E-state index contributed by atoms with van der Waals surface area (Å²) in [6.07, 6.45) is 1.09. The first kappa shape index (κ1) is 21.9. The fourth-order valence-electron chi connectivity index (χ4n) is 3.06. The quantitative estimate of drug-likeness (QED) is 0.538. The van der Waals surface area contributed by atoms with E-state index in [1.807, 2.05) is 60.7 Å². The summed E-state index contributed by atoms with van der Waals surface area (Å²) < 4.78 is 25.0. The third-order valence-corrected chi connectivity index (χ3v) is 6.26. The van der Waals surface area contributed by atoms with Gasteiger partial charge in [-0.25, -0.2) is 8.42 Å². The molecule has 0 heterocycles. The molecule has 0 aliphatic carbocycles. The van der Waals surface area contributed by atoms with Crippen LogP contribution in [0.2, 0.25) is 5.02 Å². The molecule has 0 aliphatic heterocycles. The first-order valence-electron chi connectivity index (χ1n) is 9.36. The van der Waals surface area contributed by atoms with Crippen molar-refractivity contribution in [3.63, 3.8) is 0 Å². The van der Waals surface area contributed by atoms with Crippen molar-refractivity contribution in [2.45, 2.75) is 13.1 Å². The Kier molecular flexibility index (Phi) is 6.80. The number of anilines is 1. The van der Waals surface area contributed by atoms with E-state index in [4.69, 9.17) is 11.6 Å². The second kappa shape index (κ2) is 9.32. The normalized spacial score (nSPS) is 11.2. The maximum absolute atomic E-state index is 13.4. The number of hydrogen-bond donors (Lipinski definition) is 0. The number of sulfonamides is 1. The molecule has 0 unspecified atom stereocenters. The highest BCUT2D eigenvalue weighted by molar-refractivity contribution is 7.92. The Labute approximate surface area is 182 Å². The molecule has 0 bridgehead atoms. The van der Waals surface area contributed by atoms with Crippen LogP contribution in [0.25, 0.3) is 0 Å². The third-order valence-electron chi connectivity index (χ3n) is 4.75. The Balaban J connectivity index is 1.96. The number of amides is 1. The van der Waals surface area contributed by atoms with Crippen LogP contribution in [0.5, 0.6) is 0 Å². The minimum Gasteiger partial charge on any atom is -0.330 e. The average Bonchev–Trinajstić information content (AvgIpc) is 2.73. The van der Waals surface area contributed by atoms with E-state index in [-0.39, 0.29) is 16.6 Å². The maximum Gasteiger partial charge on any atom is 0.254 e. The van der Waals surface area contributed by atoms with Gasteiger partial charge in [0.15, 0.2) is 0 Å². The molecule has 0 fully saturated rings. The molecular weight excluding hydrogens is 420 g/mol.